The van der Waals surface area contributed by atoms with Crippen molar-refractivity contribution in [3.63, 3.8) is 0 Å². The fourth-order valence-electron chi connectivity index (χ4n) is 2.36. The monoisotopic (exact) mass is 335 g/mol. The van der Waals surface area contributed by atoms with Crippen LogP contribution < -0.4 is 5.73 Å². The van der Waals surface area contributed by atoms with E-state index >= 15 is 0 Å². The molecule has 0 aliphatic carbocycles. The van der Waals surface area contributed by atoms with Crippen molar-refractivity contribution in [3.8, 4) is 0 Å². The highest BCUT2D eigenvalue weighted by atomic mass is 79.9. The SMILES string of the molecule is Cc1ccc(CCC(N)Cc2c(Br)c(C)nn2C)cc1. The van der Waals surface area contributed by atoms with Gasteiger partial charge in [-0.25, -0.2) is 0 Å². The Morgan fingerprint density at radius 2 is 1.90 bits per heavy atom. The maximum atomic E-state index is 6.27. The number of aryl methyl sites for hydroxylation is 4. The molecule has 0 bridgehead atoms. The predicted molar refractivity (Wildman–Crippen MR) is 86.8 cm³/mol. The Labute approximate surface area is 129 Å². The highest BCUT2D eigenvalue weighted by molar-refractivity contribution is 9.10. The molecule has 0 saturated carbocycles. The molecule has 2 N–H and O–H groups in total. The number of hydrogen-bond acceptors (Lipinski definition) is 2. The van der Waals surface area contributed by atoms with E-state index in [0.29, 0.717) is 0 Å². The van der Waals surface area contributed by atoms with Crippen LogP contribution in [0.5, 0.6) is 0 Å². The van der Waals surface area contributed by atoms with Crippen LogP contribution >= 0.6 is 15.9 Å². The van der Waals surface area contributed by atoms with Crippen LogP contribution in [0, 0.1) is 13.8 Å². The highest BCUT2D eigenvalue weighted by Crippen LogP contribution is 2.22. The summed E-state index contributed by atoms with van der Waals surface area (Å²) >= 11 is 3.59. The number of benzene rings is 1. The number of halogens is 1. The normalized spacial score (nSPS) is 12.7. The second kappa shape index (κ2) is 6.55. The lowest BCUT2D eigenvalue weighted by Crippen LogP contribution is -2.25. The molecule has 0 aliphatic rings. The third-order valence-corrected chi connectivity index (χ3v) is 4.67. The topological polar surface area (TPSA) is 43.8 Å². The van der Waals surface area contributed by atoms with Crippen LogP contribution in [0.3, 0.4) is 0 Å². The summed E-state index contributed by atoms with van der Waals surface area (Å²) < 4.78 is 3.01. The molecule has 0 aliphatic heterocycles. The molecule has 1 aromatic carbocycles. The van der Waals surface area contributed by atoms with Gasteiger partial charge in [0.15, 0.2) is 0 Å². The maximum absolute atomic E-state index is 6.27. The van der Waals surface area contributed by atoms with Crippen LogP contribution in [-0.2, 0) is 19.9 Å². The van der Waals surface area contributed by atoms with Crippen molar-refractivity contribution in [2.75, 3.05) is 0 Å². The fourth-order valence-corrected chi connectivity index (χ4v) is 2.86. The zero-order valence-electron chi connectivity index (χ0n) is 12.4. The molecule has 1 heterocycles. The molecule has 0 amide bonds. The van der Waals surface area contributed by atoms with E-state index < -0.39 is 0 Å². The molecule has 0 radical (unpaired) electrons. The molecule has 1 unspecified atom stereocenters. The first kappa shape index (κ1) is 15.3. The van der Waals surface area contributed by atoms with Gasteiger partial charge in [0.25, 0.3) is 0 Å². The standard InChI is InChI=1S/C16H22BrN3/c1-11-4-6-13(7-5-11)8-9-14(18)10-15-16(17)12(2)19-20(15)3/h4-7,14H,8-10,18H2,1-3H3. The molecule has 3 nitrogen and oxygen atoms in total. The first-order valence-electron chi connectivity index (χ1n) is 6.96. The summed E-state index contributed by atoms with van der Waals surface area (Å²) in [7, 11) is 1.97. The van der Waals surface area contributed by atoms with Gasteiger partial charge in [0, 0.05) is 19.5 Å². The number of aromatic nitrogens is 2. The fraction of sp³-hybridized carbons (Fsp3) is 0.438. The zero-order chi connectivity index (χ0) is 14.7. The van der Waals surface area contributed by atoms with Gasteiger partial charge in [-0.15, -0.1) is 0 Å². The lowest BCUT2D eigenvalue weighted by atomic mass is 10.0. The van der Waals surface area contributed by atoms with Crippen LogP contribution in [0.25, 0.3) is 0 Å². The molecule has 2 rings (SSSR count). The largest absolute Gasteiger partial charge is 0.327 e. The third kappa shape index (κ3) is 3.70. The molecule has 0 saturated heterocycles. The van der Waals surface area contributed by atoms with E-state index in [4.69, 9.17) is 5.73 Å². The van der Waals surface area contributed by atoms with Crippen molar-refractivity contribution in [1.29, 1.82) is 0 Å². The van der Waals surface area contributed by atoms with Gasteiger partial charge in [-0.05, 0) is 48.2 Å². The van der Waals surface area contributed by atoms with E-state index in [1.807, 2.05) is 18.7 Å². The summed E-state index contributed by atoms with van der Waals surface area (Å²) in [6.45, 7) is 4.11. The van der Waals surface area contributed by atoms with Crippen molar-refractivity contribution in [2.24, 2.45) is 12.8 Å². The average molecular weight is 336 g/mol. The molecular formula is C16H22BrN3. The molecule has 108 valence electrons. The van der Waals surface area contributed by atoms with E-state index in [9.17, 15) is 0 Å². The molecule has 4 heteroatoms. The van der Waals surface area contributed by atoms with Crippen LogP contribution in [0.2, 0.25) is 0 Å². The quantitative estimate of drug-likeness (QED) is 0.910. The summed E-state index contributed by atoms with van der Waals surface area (Å²) in [6.07, 6.45) is 2.86. The zero-order valence-corrected chi connectivity index (χ0v) is 13.9. The van der Waals surface area contributed by atoms with E-state index in [1.54, 1.807) is 0 Å². The van der Waals surface area contributed by atoms with Gasteiger partial charge < -0.3 is 5.73 Å². The van der Waals surface area contributed by atoms with Crippen molar-refractivity contribution in [3.05, 3.63) is 51.3 Å². The Morgan fingerprint density at radius 3 is 2.45 bits per heavy atom. The van der Waals surface area contributed by atoms with Crippen LogP contribution in [0.1, 0.15) is 28.9 Å². The number of rotatable bonds is 5. The van der Waals surface area contributed by atoms with Gasteiger partial charge in [-0.1, -0.05) is 29.8 Å². The lowest BCUT2D eigenvalue weighted by molar-refractivity contribution is 0.577. The summed E-state index contributed by atoms with van der Waals surface area (Å²) in [4.78, 5) is 0. The molecular weight excluding hydrogens is 314 g/mol. The summed E-state index contributed by atoms with van der Waals surface area (Å²) in [5.41, 5.74) is 11.1. The maximum Gasteiger partial charge on any atom is 0.0738 e. The minimum Gasteiger partial charge on any atom is -0.327 e. The van der Waals surface area contributed by atoms with Crippen molar-refractivity contribution >= 4 is 15.9 Å². The Kier molecular flexibility index (Phi) is 5.00. The first-order chi connectivity index (χ1) is 9.47. The number of nitrogens with zero attached hydrogens (tertiary/aromatic N) is 2. The summed E-state index contributed by atoms with van der Waals surface area (Å²) in [6, 6.07) is 8.84. The Balaban J connectivity index is 1.92. The molecule has 0 spiro atoms. The van der Waals surface area contributed by atoms with Crippen LogP contribution in [-0.4, -0.2) is 15.8 Å². The van der Waals surface area contributed by atoms with E-state index in [2.05, 4.69) is 52.2 Å². The summed E-state index contributed by atoms with van der Waals surface area (Å²) in [5.74, 6) is 0. The smallest absolute Gasteiger partial charge is 0.0738 e. The highest BCUT2D eigenvalue weighted by Gasteiger charge is 2.14. The second-order valence-electron chi connectivity index (χ2n) is 5.46. The molecule has 1 aromatic heterocycles. The molecule has 20 heavy (non-hydrogen) atoms. The van der Waals surface area contributed by atoms with Gasteiger partial charge in [-0.3, -0.25) is 4.68 Å². The van der Waals surface area contributed by atoms with E-state index in [1.165, 1.54) is 16.8 Å². The van der Waals surface area contributed by atoms with E-state index in [0.717, 1.165) is 29.4 Å². The molecule has 0 fully saturated rings. The third-order valence-electron chi connectivity index (χ3n) is 3.64. The van der Waals surface area contributed by atoms with E-state index in [-0.39, 0.29) is 6.04 Å². The minimum absolute atomic E-state index is 0.155. The van der Waals surface area contributed by atoms with Crippen LogP contribution in [0.4, 0.5) is 0 Å². The number of hydrogen-bond donors (Lipinski definition) is 1. The Bertz CT molecular complexity index is 572. The number of nitrogens with two attached hydrogens (primary N) is 1. The van der Waals surface area contributed by atoms with Crippen molar-refractivity contribution < 1.29 is 0 Å². The van der Waals surface area contributed by atoms with Crippen molar-refractivity contribution in [1.82, 2.24) is 9.78 Å². The van der Waals surface area contributed by atoms with Crippen LogP contribution in [0.15, 0.2) is 28.7 Å². The first-order valence-corrected chi connectivity index (χ1v) is 7.75. The second-order valence-corrected chi connectivity index (χ2v) is 6.25. The minimum atomic E-state index is 0.155. The Hall–Kier alpha value is -1.13. The average Bonchev–Trinajstić information content (AvgIpc) is 2.65. The van der Waals surface area contributed by atoms with Gasteiger partial charge in [0.05, 0.1) is 15.9 Å². The van der Waals surface area contributed by atoms with Crippen molar-refractivity contribution in [2.45, 2.75) is 39.2 Å². The predicted octanol–water partition coefficient (Wildman–Crippen LogP) is 3.30. The molecule has 1 atom stereocenters. The lowest BCUT2D eigenvalue weighted by Gasteiger charge is -2.12. The Morgan fingerprint density at radius 1 is 1.25 bits per heavy atom. The van der Waals surface area contributed by atoms with Gasteiger partial charge in [0.2, 0.25) is 0 Å². The van der Waals surface area contributed by atoms with Gasteiger partial charge >= 0.3 is 0 Å². The molecule has 2 aromatic rings. The summed E-state index contributed by atoms with van der Waals surface area (Å²) in [5, 5.41) is 4.41. The van der Waals surface area contributed by atoms with Gasteiger partial charge in [-0.2, -0.15) is 5.10 Å². The van der Waals surface area contributed by atoms with Gasteiger partial charge in [0.1, 0.15) is 0 Å².